The van der Waals surface area contributed by atoms with Crippen molar-refractivity contribution in [2.24, 2.45) is 5.73 Å². The molecule has 5 heteroatoms. The van der Waals surface area contributed by atoms with Crippen LogP contribution < -0.4 is 5.73 Å². The van der Waals surface area contributed by atoms with E-state index in [1.54, 1.807) is 6.07 Å². The zero-order valence-electron chi connectivity index (χ0n) is 14.5. The van der Waals surface area contributed by atoms with Crippen molar-refractivity contribution in [3.05, 3.63) is 88.4 Å². The molecule has 1 heterocycles. The van der Waals surface area contributed by atoms with Crippen molar-refractivity contribution in [3.8, 4) is 17.0 Å². The van der Waals surface area contributed by atoms with Crippen LogP contribution in [0.25, 0.3) is 22.2 Å². The van der Waals surface area contributed by atoms with E-state index in [4.69, 9.17) is 22.7 Å². The van der Waals surface area contributed by atoms with Gasteiger partial charge >= 0.3 is 0 Å². The number of H-pyrrole nitrogens is 1. The van der Waals surface area contributed by atoms with E-state index in [1.165, 1.54) is 0 Å². The summed E-state index contributed by atoms with van der Waals surface area (Å²) in [5.74, 6) is 0.0720. The van der Waals surface area contributed by atoms with Gasteiger partial charge in [0.1, 0.15) is 11.6 Å². The van der Waals surface area contributed by atoms with Crippen molar-refractivity contribution < 1.29 is 5.11 Å². The van der Waals surface area contributed by atoms with Gasteiger partial charge in [-0.3, -0.25) is 5.41 Å². The van der Waals surface area contributed by atoms with Crippen LogP contribution in [0.3, 0.4) is 0 Å². The first kappa shape index (κ1) is 17.2. The van der Waals surface area contributed by atoms with Gasteiger partial charge in [-0.05, 0) is 41.5 Å². The van der Waals surface area contributed by atoms with Gasteiger partial charge in [-0.2, -0.15) is 0 Å². The number of aromatic hydroxyl groups is 1. The van der Waals surface area contributed by atoms with Crippen LogP contribution in [0.5, 0.6) is 5.75 Å². The lowest BCUT2D eigenvalue weighted by molar-refractivity contribution is 0.477. The summed E-state index contributed by atoms with van der Waals surface area (Å²) in [6.07, 6.45) is 0.670. The average molecular weight is 376 g/mol. The molecule has 0 spiro atoms. The van der Waals surface area contributed by atoms with Crippen LogP contribution in [-0.4, -0.2) is 15.9 Å². The Labute approximate surface area is 161 Å². The zero-order chi connectivity index (χ0) is 19.0. The van der Waals surface area contributed by atoms with Crippen molar-refractivity contribution in [2.45, 2.75) is 6.42 Å². The molecule has 0 unspecified atom stereocenters. The summed E-state index contributed by atoms with van der Waals surface area (Å²) in [6.45, 7) is 0. The molecule has 4 nitrogen and oxygen atoms in total. The molecule has 4 rings (SSSR count). The predicted octanol–water partition coefficient (Wildman–Crippen LogP) is 5.07. The van der Waals surface area contributed by atoms with Crippen LogP contribution in [0.4, 0.5) is 0 Å². The Balaban J connectivity index is 1.98. The molecule has 0 aliphatic carbocycles. The summed E-state index contributed by atoms with van der Waals surface area (Å²) in [7, 11) is 0. The minimum absolute atomic E-state index is 0.0240. The summed E-state index contributed by atoms with van der Waals surface area (Å²) >= 11 is 6.13. The number of aromatic amines is 1. The largest absolute Gasteiger partial charge is 0.506 e. The number of phenolic OH excluding ortho intramolecular Hbond substituents is 1. The third kappa shape index (κ3) is 3.15. The molecule has 0 radical (unpaired) electrons. The molecule has 0 fully saturated rings. The van der Waals surface area contributed by atoms with E-state index >= 15 is 0 Å². The average Bonchev–Trinajstić information content (AvgIpc) is 3.02. The van der Waals surface area contributed by atoms with Crippen LogP contribution in [0.2, 0.25) is 5.02 Å². The number of halogens is 1. The summed E-state index contributed by atoms with van der Waals surface area (Å²) in [5.41, 5.74) is 10.9. The van der Waals surface area contributed by atoms with E-state index in [2.05, 4.69) is 17.1 Å². The standard InChI is InChI=1S/C22H18ClN3O/c23-18-8-4-7-15(21(18)27)20-17(11-13-5-2-1-3-6-13)16-12-14(22(24)25)9-10-19(16)26-20/h1-10,12,26-27H,11H2,(H3,24,25). The first-order valence-corrected chi connectivity index (χ1v) is 8.93. The maximum Gasteiger partial charge on any atom is 0.143 e. The number of rotatable bonds is 4. The molecule has 0 saturated heterocycles. The monoisotopic (exact) mass is 375 g/mol. The number of nitrogens with two attached hydrogens (primary N) is 1. The van der Waals surface area contributed by atoms with Crippen LogP contribution in [-0.2, 0) is 6.42 Å². The fourth-order valence-corrected chi connectivity index (χ4v) is 3.52. The SMILES string of the molecule is N=C(N)c1ccc2[nH]c(-c3cccc(Cl)c3O)c(Cc3ccccc3)c2c1. The highest BCUT2D eigenvalue weighted by atomic mass is 35.5. The molecular formula is C22H18ClN3O. The van der Waals surface area contributed by atoms with Crippen molar-refractivity contribution in [3.63, 3.8) is 0 Å². The van der Waals surface area contributed by atoms with Gasteiger partial charge in [-0.1, -0.05) is 48.0 Å². The second-order valence-electron chi connectivity index (χ2n) is 6.45. The highest BCUT2D eigenvalue weighted by Crippen LogP contribution is 2.39. The lowest BCUT2D eigenvalue weighted by atomic mass is 9.97. The van der Waals surface area contributed by atoms with E-state index in [0.29, 0.717) is 22.6 Å². The fourth-order valence-electron chi connectivity index (χ4n) is 3.35. The molecule has 0 bridgehead atoms. The van der Waals surface area contributed by atoms with E-state index in [0.717, 1.165) is 27.7 Å². The Morgan fingerprint density at radius 2 is 1.81 bits per heavy atom. The van der Waals surface area contributed by atoms with Crippen LogP contribution >= 0.6 is 11.6 Å². The number of hydrogen-bond acceptors (Lipinski definition) is 2. The molecule has 27 heavy (non-hydrogen) atoms. The highest BCUT2D eigenvalue weighted by molar-refractivity contribution is 6.32. The fraction of sp³-hybridized carbons (Fsp3) is 0.0455. The number of fused-ring (bicyclic) bond motifs is 1. The first-order chi connectivity index (χ1) is 13.0. The molecule has 0 aliphatic heterocycles. The maximum atomic E-state index is 10.5. The number of benzene rings is 3. The smallest absolute Gasteiger partial charge is 0.143 e. The molecule has 1 aromatic heterocycles. The Bertz CT molecular complexity index is 1150. The van der Waals surface area contributed by atoms with Gasteiger partial charge in [0.15, 0.2) is 0 Å². The van der Waals surface area contributed by atoms with Gasteiger partial charge in [-0.15, -0.1) is 0 Å². The Hall–Kier alpha value is -3.24. The van der Waals surface area contributed by atoms with E-state index in [-0.39, 0.29) is 11.6 Å². The van der Waals surface area contributed by atoms with Crippen LogP contribution in [0, 0.1) is 5.41 Å². The lowest BCUT2D eigenvalue weighted by Crippen LogP contribution is -2.10. The molecule has 0 amide bonds. The molecule has 3 aromatic carbocycles. The van der Waals surface area contributed by atoms with Crippen LogP contribution in [0.15, 0.2) is 66.7 Å². The molecule has 0 aliphatic rings. The van der Waals surface area contributed by atoms with Crippen molar-refractivity contribution in [1.82, 2.24) is 4.98 Å². The van der Waals surface area contributed by atoms with Gasteiger partial charge in [0.2, 0.25) is 0 Å². The van der Waals surface area contributed by atoms with E-state index in [1.807, 2.05) is 48.5 Å². The number of nitrogens with one attached hydrogen (secondary N) is 2. The molecule has 0 atom stereocenters. The number of aromatic nitrogens is 1. The van der Waals surface area contributed by atoms with Crippen molar-refractivity contribution in [2.75, 3.05) is 0 Å². The number of nitrogen functional groups attached to an aromatic ring is 1. The summed E-state index contributed by atoms with van der Waals surface area (Å²) in [5, 5.41) is 19.5. The zero-order valence-corrected chi connectivity index (χ0v) is 15.2. The first-order valence-electron chi connectivity index (χ1n) is 8.55. The number of hydrogen-bond donors (Lipinski definition) is 4. The van der Waals surface area contributed by atoms with Gasteiger partial charge in [0.05, 0.1) is 10.7 Å². The Kier molecular flexibility index (Phi) is 4.34. The summed E-state index contributed by atoms with van der Waals surface area (Å²) < 4.78 is 0. The predicted molar refractivity (Wildman–Crippen MR) is 111 cm³/mol. The summed E-state index contributed by atoms with van der Waals surface area (Å²) in [4.78, 5) is 3.40. The molecule has 5 N–H and O–H groups in total. The topological polar surface area (TPSA) is 85.9 Å². The van der Waals surface area contributed by atoms with Gasteiger partial charge < -0.3 is 15.8 Å². The summed E-state index contributed by atoms with van der Waals surface area (Å²) in [6, 6.07) is 21.1. The number of amidine groups is 1. The van der Waals surface area contributed by atoms with Gasteiger partial charge in [-0.25, -0.2) is 0 Å². The number of phenols is 1. The second kappa shape index (κ2) is 6.82. The van der Waals surface area contributed by atoms with E-state index in [9.17, 15) is 5.11 Å². The van der Waals surface area contributed by atoms with Crippen molar-refractivity contribution >= 4 is 28.3 Å². The molecule has 4 aromatic rings. The van der Waals surface area contributed by atoms with Gasteiger partial charge in [0.25, 0.3) is 0 Å². The molecular weight excluding hydrogens is 358 g/mol. The Morgan fingerprint density at radius 1 is 1.04 bits per heavy atom. The maximum absolute atomic E-state index is 10.5. The minimum Gasteiger partial charge on any atom is -0.506 e. The lowest BCUT2D eigenvalue weighted by Gasteiger charge is -2.09. The van der Waals surface area contributed by atoms with E-state index < -0.39 is 0 Å². The van der Waals surface area contributed by atoms with Crippen LogP contribution in [0.1, 0.15) is 16.7 Å². The quantitative estimate of drug-likeness (QED) is 0.296. The molecule has 0 saturated carbocycles. The minimum atomic E-state index is 0.0240. The van der Waals surface area contributed by atoms with Crippen molar-refractivity contribution in [1.29, 1.82) is 5.41 Å². The normalized spacial score (nSPS) is 11.0. The Morgan fingerprint density at radius 3 is 2.56 bits per heavy atom. The van der Waals surface area contributed by atoms with Gasteiger partial charge in [0, 0.05) is 28.5 Å². The number of para-hydroxylation sites is 1. The second-order valence-corrected chi connectivity index (χ2v) is 6.86. The third-order valence-electron chi connectivity index (χ3n) is 4.70. The highest BCUT2D eigenvalue weighted by Gasteiger charge is 2.18. The third-order valence-corrected chi connectivity index (χ3v) is 5.00. The molecule has 134 valence electrons.